The van der Waals surface area contributed by atoms with Crippen LogP contribution in [0.2, 0.25) is 0 Å². The van der Waals surface area contributed by atoms with Crippen LogP contribution in [0, 0.1) is 6.92 Å². The van der Waals surface area contributed by atoms with Crippen molar-refractivity contribution in [2.75, 3.05) is 25.6 Å². The molecule has 1 aliphatic rings. The van der Waals surface area contributed by atoms with Crippen LogP contribution in [0.15, 0.2) is 95.0 Å². The Morgan fingerprint density at radius 3 is 2.64 bits per heavy atom. The van der Waals surface area contributed by atoms with Gasteiger partial charge in [0.1, 0.15) is 6.54 Å². The number of aliphatic imine (C=N–C) groups is 1. The molecule has 2 heterocycles. The number of benzene rings is 3. The van der Waals surface area contributed by atoms with Gasteiger partial charge in [0.15, 0.2) is 5.17 Å². The summed E-state index contributed by atoms with van der Waals surface area (Å²) in [6.07, 6.45) is 4.54. The van der Waals surface area contributed by atoms with Gasteiger partial charge in [0, 0.05) is 48.6 Å². The van der Waals surface area contributed by atoms with E-state index in [4.69, 9.17) is 9.73 Å². The van der Waals surface area contributed by atoms with Crippen LogP contribution in [-0.2, 0) is 20.9 Å². The number of fused-ring (bicyclic) bond motifs is 1. The van der Waals surface area contributed by atoms with Crippen molar-refractivity contribution >= 4 is 57.1 Å². The number of nitrogens with one attached hydrogen (secondary N) is 1. The molecule has 1 fully saturated rings. The van der Waals surface area contributed by atoms with Gasteiger partial charge in [-0.3, -0.25) is 14.5 Å². The van der Waals surface area contributed by atoms with E-state index in [1.54, 1.807) is 12.0 Å². The molecule has 1 saturated heterocycles. The lowest BCUT2D eigenvalue weighted by atomic mass is 10.1. The summed E-state index contributed by atoms with van der Waals surface area (Å²) < 4.78 is 7.13. The molecule has 1 aliphatic heterocycles. The molecule has 8 heteroatoms. The topological polar surface area (TPSA) is 75.9 Å². The first kappa shape index (κ1) is 26.5. The second-order valence-corrected chi connectivity index (χ2v) is 10.3. The van der Waals surface area contributed by atoms with E-state index >= 15 is 0 Å². The second-order valence-electron chi connectivity index (χ2n) is 9.29. The van der Waals surface area contributed by atoms with Gasteiger partial charge < -0.3 is 14.6 Å². The molecule has 0 aliphatic carbocycles. The van der Waals surface area contributed by atoms with Crippen molar-refractivity contribution in [3.63, 3.8) is 0 Å². The van der Waals surface area contributed by atoms with E-state index in [0.29, 0.717) is 29.6 Å². The number of thioether (sulfide) groups is 1. The minimum atomic E-state index is -0.117. The largest absolute Gasteiger partial charge is 0.385 e. The molecule has 0 spiro atoms. The maximum atomic E-state index is 13.5. The monoisotopic (exact) mass is 538 g/mol. The number of methoxy groups -OCH3 is 1. The zero-order valence-corrected chi connectivity index (χ0v) is 22.8. The Kier molecular flexibility index (Phi) is 8.24. The number of carbonyl (C=O) groups excluding carboxylic acids is 2. The van der Waals surface area contributed by atoms with Gasteiger partial charge in [-0.1, -0.05) is 48.5 Å². The van der Waals surface area contributed by atoms with Crippen molar-refractivity contribution in [1.29, 1.82) is 0 Å². The molecule has 0 bridgehead atoms. The predicted molar refractivity (Wildman–Crippen MR) is 159 cm³/mol. The fraction of sp³-hybridized carbons (Fsp3) is 0.194. The van der Waals surface area contributed by atoms with Crippen molar-refractivity contribution in [2.24, 2.45) is 4.99 Å². The van der Waals surface area contributed by atoms with Gasteiger partial charge in [0.05, 0.1) is 10.6 Å². The molecular weight excluding hydrogens is 508 g/mol. The average molecular weight is 539 g/mol. The van der Waals surface area contributed by atoms with E-state index in [1.165, 1.54) is 11.8 Å². The maximum absolute atomic E-state index is 13.5. The third-order valence-electron chi connectivity index (χ3n) is 6.32. The fourth-order valence-electron chi connectivity index (χ4n) is 4.51. The lowest BCUT2D eigenvalue weighted by Gasteiger charge is -2.15. The van der Waals surface area contributed by atoms with Crippen LogP contribution in [0.5, 0.6) is 0 Å². The van der Waals surface area contributed by atoms with Crippen LogP contribution in [0.1, 0.15) is 17.5 Å². The van der Waals surface area contributed by atoms with Crippen molar-refractivity contribution in [2.45, 2.75) is 19.9 Å². The van der Waals surface area contributed by atoms with Gasteiger partial charge >= 0.3 is 0 Å². The molecular formula is C31H30N4O3S. The number of anilines is 1. The smallest absolute Gasteiger partial charge is 0.266 e. The Bertz CT molecular complexity index is 1560. The predicted octanol–water partition coefficient (Wildman–Crippen LogP) is 6.23. The number of hydrogen-bond acceptors (Lipinski definition) is 5. The molecule has 1 N–H and O–H groups in total. The summed E-state index contributed by atoms with van der Waals surface area (Å²) in [6.45, 7) is 3.22. The molecule has 1 aromatic heterocycles. The van der Waals surface area contributed by atoms with E-state index in [0.717, 1.165) is 33.4 Å². The van der Waals surface area contributed by atoms with Crippen molar-refractivity contribution < 1.29 is 14.3 Å². The SMILES string of the molecule is COCCCN1C(=O)/C(=C/c2cn(CC(=O)Nc3cccc(C)c3)c3ccccc23)SC1=Nc1ccccc1. The number of para-hydroxylation sites is 2. The van der Waals surface area contributed by atoms with Gasteiger partial charge in [-0.2, -0.15) is 0 Å². The zero-order chi connectivity index (χ0) is 27.2. The summed E-state index contributed by atoms with van der Waals surface area (Å²) in [5.41, 5.74) is 4.45. The first-order chi connectivity index (χ1) is 19.0. The Balaban J connectivity index is 1.44. The number of amides is 2. The number of carbonyl (C=O) groups is 2. The molecule has 4 aromatic rings. The molecule has 0 unspecified atom stereocenters. The van der Waals surface area contributed by atoms with E-state index in [2.05, 4.69) is 5.32 Å². The summed E-state index contributed by atoms with van der Waals surface area (Å²) in [6, 6.07) is 25.3. The van der Waals surface area contributed by atoms with Gasteiger partial charge in [0.25, 0.3) is 5.91 Å². The quantitative estimate of drug-likeness (QED) is 0.203. The van der Waals surface area contributed by atoms with Gasteiger partial charge in [0.2, 0.25) is 5.91 Å². The minimum Gasteiger partial charge on any atom is -0.385 e. The van der Waals surface area contributed by atoms with E-state index < -0.39 is 0 Å². The lowest BCUT2D eigenvalue weighted by molar-refractivity contribution is -0.122. The van der Waals surface area contributed by atoms with Gasteiger partial charge in [-0.25, -0.2) is 4.99 Å². The highest BCUT2D eigenvalue weighted by molar-refractivity contribution is 8.18. The summed E-state index contributed by atoms with van der Waals surface area (Å²) in [5, 5.41) is 4.60. The van der Waals surface area contributed by atoms with Gasteiger partial charge in [-0.15, -0.1) is 0 Å². The average Bonchev–Trinajstić information content (AvgIpc) is 3.41. The van der Waals surface area contributed by atoms with Crippen LogP contribution in [0.4, 0.5) is 11.4 Å². The second kappa shape index (κ2) is 12.1. The number of rotatable bonds is 9. The molecule has 5 rings (SSSR count). The van der Waals surface area contributed by atoms with Crippen LogP contribution >= 0.6 is 11.8 Å². The molecule has 0 saturated carbocycles. The standard InChI is InChI=1S/C31H30N4O3S/c1-22-10-8-13-25(18-22)32-29(36)21-34-20-23(26-14-6-7-15-27(26)34)19-28-30(37)35(16-9-17-38-2)31(39-28)33-24-11-4-3-5-12-24/h3-8,10-15,18-20H,9,16-17,21H2,1-2H3,(H,32,36)/b28-19-,33-31?. The minimum absolute atomic E-state index is 0.0835. The first-order valence-corrected chi connectivity index (χ1v) is 13.6. The van der Waals surface area contributed by atoms with Crippen LogP contribution in [-0.4, -0.2) is 46.7 Å². The highest BCUT2D eigenvalue weighted by Gasteiger charge is 2.33. The molecule has 198 valence electrons. The Morgan fingerprint density at radius 1 is 1.05 bits per heavy atom. The summed E-state index contributed by atoms with van der Waals surface area (Å²) in [4.78, 5) is 33.5. The third-order valence-corrected chi connectivity index (χ3v) is 7.33. The highest BCUT2D eigenvalue weighted by Crippen LogP contribution is 2.35. The molecule has 2 amide bonds. The molecule has 7 nitrogen and oxygen atoms in total. The normalized spacial score (nSPS) is 15.5. The zero-order valence-electron chi connectivity index (χ0n) is 22.0. The summed E-state index contributed by atoms with van der Waals surface area (Å²) in [5.74, 6) is -0.201. The van der Waals surface area contributed by atoms with Crippen LogP contribution in [0.25, 0.3) is 17.0 Å². The van der Waals surface area contributed by atoms with Crippen LogP contribution in [0.3, 0.4) is 0 Å². The van der Waals surface area contributed by atoms with E-state index in [1.807, 2.05) is 103 Å². The number of aryl methyl sites for hydroxylation is 1. The molecule has 0 atom stereocenters. The summed E-state index contributed by atoms with van der Waals surface area (Å²) in [7, 11) is 1.65. The number of aromatic nitrogens is 1. The number of nitrogens with zero attached hydrogens (tertiary/aromatic N) is 3. The first-order valence-electron chi connectivity index (χ1n) is 12.8. The number of hydrogen-bond donors (Lipinski definition) is 1. The Labute approximate surface area is 232 Å². The Morgan fingerprint density at radius 2 is 1.85 bits per heavy atom. The fourth-order valence-corrected chi connectivity index (χ4v) is 5.52. The van der Waals surface area contributed by atoms with E-state index in [-0.39, 0.29) is 18.4 Å². The third kappa shape index (κ3) is 6.30. The summed E-state index contributed by atoms with van der Waals surface area (Å²) >= 11 is 1.37. The maximum Gasteiger partial charge on any atom is 0.266 e. The number of ether oxygens (including phenoxy) is 1. The lowest BCUT2D eigenvalue weighted by Crippen LogP contribution is -2.30. The Hall–Kier alpha value is -4.14. The number of amidine groups is 1. The molecule has 3 aromatic carbocycles. The van der Waals surface area contributed by atoms with E-state index in [9.17, 15) is 9.59 Å². The molecule has 39 heavy (non-hydrogen) atoms. The molecule has 0 radical (unpaired) electrons. The van der Waals surface area contributed by atoms with Gasteiger partial charge in [-0.05, 0) is 67.1 Å². The van der Waals surface area contributed by atoms with Crippen molar-refractivity contribution in [1.82, 2.24) is 9.47 Å². The van der Waals surface area contributed by atoms with Crippen molar-refractivity contribution in [3.05, 3.63) is 101 Å². The van der Waals surface area contributed by atoms with Crippen molar-refractivity contribution in [3.8, 4) is 0 Å². The highest BCUT2D eigenvalue weighted by atomic mass is 32.2. The van der Waals surface area contributed by atoms with Crippen LogP contribution < -0.4 is 5.32 Å².